The lowest BCUT2D eigenvalue weighted by Crippen LogP contribution is -2.11. The highest BCUT2D eigenvalue weighted by atomic mass is 79.9. The minimum Gasteiger partial charge on any atom is -0.296 e. The van der Waals surface area contributed by atoms with Crippen LogP contribution in [0.4, 0.5) is 8.78 Å². The third-order valence-electron chi connectivity index (χ3n) is 1.50. The summed E-state index contributed by atoms with van der Waals surface area (Å²) in [6.07, 6.45) is 0. The first-order valence-electron chi connectivity index (χ1n) is 3.15. The van der Waals surface area contributed by atoms with Crippen molar-refractivity contribution >= 4 is 34.8 Å². The van der Waals surface area contributed by atoms with Gasteiger partial charge in [-0.05, 0) is 6.92 Å². The van der Waals surface area contributed by atoms with Crippen molar-refractivity contribution in [1.29, 1.82) is 0 Å². The minimum atomic E-state index is -0.635. The SMILES string of the molecule is Cc1c(F)c[c]([Mg][Br])cc1F. The van der Waals surface area contributed by atoms with Crippen LogP contribution in [0.1, 0.15) is 5.56 Å². The fourth-order valence-electron chi connectivity index (χ4n) is 0.775. The average molecular weight is 231 g/mol. The summed E-state index contributed by atoms with van der Waals surface area (Å²) >= 11 is 2.62. The second-order valence-electron chi connectivity index (χ2n) is 2.32. The molecule has 0 radical (unpaired) electrons. The molecule has 0 aliphatic rings. The fourth-order valence-corrected chi connectivity index (χ4v) is 2.26. The Balaban J connectivity index is 3.21. The average Bonchev–Trinajstić information content (AvgIpc) is 1.99. The van der Waals surface area contributed by atoms with E-state index in [9.17, 15) is 8.78 Å². The molecule has 4 heteroatoms. The summed E-state index contributed by atoms with van der Waals surface area (Å²) in [5.41, 5.74) is 0.101. The van der Waals surface area contributed by atoms with E-state index < -0.39 is 29.8 Å². The molecule has 0 atom stereocenters. The van der Waals surface area contributed by atoms with Crippen molar-refractivity contribution in [3.63, 3.8) is 0 Å². The van der Waals surface area contributed by atoms with Crippen LogP contribution in [0.2, 0.25) is 0 Å². The topological polar surface area (TPSA) is 0 Å². The summed E-state index contributed by atoms with van der Waals surface area (Å²) in [6.45, 7) is 1.43. The maximum absolute atomic E-state index is 12.8. The molecule has 0 aromatic heterocycles. The highest BCUT2D eigenvalue weighted by Gasteiger charge is 2.06. The Bertz CT molecular complexity index is 252. The van der Waals surface area contributed by atoms with Gasteiger partial charge < -0.3 is 0 Å². The van der Waals surface area contributed by atoms with E-state index in [4.69, 9.17) is 0 Å². The standard InChI is InChI=1S/C7H5F2.BrH.Mg/c1-5-6(8)3-2-4-7(5)9;;/h3-4H,1H3;1H;/q;;+1/p-1. The molecule has 0 aliphatic carbocycles. The number of benzene rings is 1. The van der Waals surface area contributed by atoms with Gasteiger partial charge in [-0.2, -0.15) is 0 Å². The molecule has 0 saturated heterocycles. The number of rotatable bonds is 1. The zero-order valence-electron chi connectivity index (χ0n) is 6.00. The van der Waals surface area contributed by atoms with Crippen LogP contribution in [-0.2, 0) is 0 Å². The lowest BCUT2D eigenvalue weighted by atomic mass is 10.2. The summed E-state index contributed by atoms with van der Waals surface area (Å²) in [6, 6.07) is 2.78. The molecule has 0 saturated carbocycles. The van der Waals surface area contributed by atoms with Crippen LogP contribution in [0.3, 0.4) is 0 Å². The monoisotopic (exact) mass is 230 g/mol. The Morgan fingerprint density at radius 2 is 1.73 bits per heavy atom. The normalized spacial score (nSPS) is 9.45. The van der Waals surface area contributed by atoms with Gasteiger partial charge in [-0.25, -0.2) is 8.78 Å². The molecule has 0 heterocycles. The number of halogens is 3. The summed E-state index contributed by atoms with van der Waals surface area (Å²) in [4.78, 5) is 0. The van der Waals surface area contributed by atoms with Gasteiger partial charge >= 0.3 is 18.2 Å². The predicted molar refractivity (Wildman–Crippen MR) is 45.4 cm³/mol. The Morgan fingerprint density at radius 1 is 1.27 bits per heavy atom. The highest BCUT2D eigenvalue weighted by molar-refractivity contribution is 9.23. The van der Waals surface area contributed by atoms with Gasteiger partial charge in [0.25, 0.3) is 0 Å². The van der Waals surface area contributed by atoms with Gasteiger partial charge in [-0.15, -0.1) is 3.69 Å². The van der Waals surface area contributed by atoms with Gasteiger partial charge in [0.05, 0.1) is 0 Å². The van der Waals surface area contributed by atoms with Gasteiger partial charge in [0.2, 0.25) is 0 Å². The van der Waals surface area contributed by atoms with Gasteiger partial charge in [-0.1, -0.05) is 12.1 Å². The van der Waals surface area contributed by atoms with E-state index in [2.05, 4.69) is 12.9 Å². The first-order valence-corrected chi connectivity index (χ1v) is 7.76. The lowest BCUT2D eigenvalue weighted by molar-refractivity contribution is 0.570. The van der Waals surface area contributed by atoms with Gasteiger partial charge in [0.15, 0.2) is 0 Å². The molecule has 0 aliphatic heterocycles. The molecule has 0 bridgehead atoms. The van der Waals surface area contributed by atoms with E-state index in [0.717, 1.165) is 3.69 Å². The van der Waals surface area contributed by atoms with E-state index in [-0.39, 0.29) is 5.56 Å². The van der Waals surface area contributed by atoms with Crippen molar-refractivity contribution in [1.82, 2.24) is 0 Å². The molecule has 1 aromatic carbocycles. The van der Waals surface area contributed by atoms with Crippen LogP contribution >= 0.6 is 12.9 Å². The third kappa shape index (κ3) is 2.13. The first-order chi connectivity index (χ1) is 5.15. The molecule has 11 heavy (non-hydrogen) atoms. The van der Waals surface area contributed by atoms with Crippen LogP contribution in [0, 0.1) is 18.6 Å². The smallest absolute Gasteiger partial charge is 0.296 e. The molecule has 0 amide bonds. The van der Waals surface area contributed by atoms with Gasteiger partial charge in [-0.3, -0.25) is 12.9 Å². The number of hydrogen-bond acceptors (Lipinski definition) is 0. The Kier molecular flexibility index (Phi) is 3.27. The van der Waals surface area contributed by atoms with E-state index in [1.807, 2.05) is 0 Å². The van der Waals surface area contributed by atoms with Crippen LogP contribution in [-0.4, -0.2) is 18.2 Å². The Morgan fingerprint density at radius 3 is 2.09 bits per heavy atom. The molecule has 0 unspecified atom stereocenters. The molecule has 0 fully saturated rings. The summed E-state index contributed by atoms with van der Waals surface area (Å²) in [5.74, 6) is -0.904. The van der Waals surface area contributed by atoms with Crippen LogP contribution in [0.15, 0.2) is 12.1 Å². The van der Waals surface area contributed by atoms with Crippen LogP contribution < -0.4 is 3.69 Å². The second kappa shape index (κ2) is 3.82. The van der Waals surface area contributed by atoms with Crippen molar-refractivity contribution < 1.29 is 8.78 Å². The van der Waals surface area contributed by atoms with Crippen LogP contribution in [0.25, 0.3) is 0 Å². The van der Waals surface area contributed by atoms with E-state index in [1.165, 1.54) is 19.1 Å². The van der Waals surface area contributed by atoms with E-state index >= 15 is 0 Å². The fraction of sp³-hybridized carbons (Fsp3) is 0.143. The maximum atomic E-state index is 12.8. The summed E-state index contributed by atoms with van der Waals surface area (Å²) in [7, 11) is 0. The summed E-state index contributed by atoms with van der Waals surface area (Å²) < 4.78 is 26.3. The maximum Gasteiger partial charge on any atom is 0.507 e. The second-order valence-corrected chi connectivity index (χ2v) is 5.08. The largest absolute Gasteiger partial charge is 0.507 e. The first kappa shape index (κ1) is 9.41. The van der Waals surface area contributed by atoms with Crippen molar-refractivity contribution in [2.45, 2.75) is 6.92 Å². The number of hydrogen-bond donors (Lipinski definition) is 0. The predicted octanol–water partition coefficient (Wildman–Crippen LogP) is 1.91. The molecule has 0 spiro atoms. The van der Waals surface area contributed by atoms with Crippen LogP contribution in [0.5, 0.6) is 0 Å². The molecule has 56 valence electrons. The third-order valence-corrected chi connectivity index (χ3v) is 4.15. The zero-order valence-corrected chi connectivity index (χ0v) is 9.00. The van der Waals surface area contributed by atoms with Crippen molar-refractivity contribution in [3.05, 3.63) is 29.3 Å². The van der Waals surface area contributed by atoms with E-state index in [0.29, 0.717) is 0 Å². The molecule has 1 rings (SSSR count). The molecule has 0 nitrogen and oxygen atoms in total. The molecule has 0 N–H and O–H groups in total. The zero-order chi connectivity index (χ0) is 8.43. The summed E-state index contributed by atoms with van der Waals surface area (Å²) in [5, 5.41) is 0. The Hall–Kier alpha value is 0.326. The molecule has 1 aromatic rings. The highest BCUT2D eigenvalue weighted by Crippen LogP contribution is 2.08. The van der Waals surface area contributed by atoms with Crippen molar-refractivity contribution in [3.8, 4) is 0 Å². The molecular weight excluding hydrogens is 226 g/mol. The van der Waals surface area contributed by atoms with Gasteiger partial charge in [0.1, 0.15) is 11.6 Å². The van der Waals surface area contributed by atoms with Gasteiger partial charge in [0, 0.05) is 5.56 Å². The minimum absolute atomic E-state index is 0.101. The van der Waals surface area contributed by atoms with Crippen molar-refractivity contribution in [2.75, 3.05) is 0 Å². The Labute approximate surface area is 79.6 Å². The molecular formula is C7H5BrF2Mg. The lowest BCUT2D eigenvalue weighted by Gasteiger charge is -2.00. The van der Waals surface area contributed by atoms with Crippen molar-refractivity contribution in [2.24, 2.45) is 0 Å². The quantitative estimate of drug-likeness (QED) is 0.648. The van der Waals surface area contributed by atoms with E-state index in [1.54, 1.807) is 0 Å².